The van der Waals surface area contributed by atoms with Gasteiger partial charge >= 0.3 is 0 Å². The summed E-state index contributed by atoms with van der Waals surface area (Å²) in [5, 5.41) is 5.41. The maximum Gasteiger partial charge on any atom is 0.240 e. The standard InChI is InChI=1S/C24H25N3O2/c1-29-15-7-14-25-24(28)17-27-22-13-5-4-12-21(22)26-23(27)16-19-10-6-9-18-8-2-3-11-20(18)19/h2-6,8-13H,7,14-17H2,1H3,(H,25,28). The normalized spacial score (nSPS) is 11.2. The molecule has 0 aliphatic rings. The number of fused-ring (bicyclic) bond motifs is 2. The Morgan fingerprint density at radius 1 is 1.03 bits per heavy atom. The number of para-hydroxylation sites is 2. The number of rotatable bonds is 8. The lowest BCUT2D eigenvalue weighted by molar-refractivity contribution is -0.121. The molecule has 0 spiro atoms. The van der Waals surface area contributed by atoms with Crippen LogP contribution in [0, 0.1) is 0 Å². The van der Waals surface area contributed by atoms with Crippen LogP contribution in [0.15, 0.2) is 66.7 Å². The lowest BCUT2D eigenvalue weighted by Crippen LogP contribution is -2.29. The summed E-state index contributed by atoms with van der Waals surface area (Å²) in [4.78, 5) is 17.4. The minimum absolute atomic E-state index is 0.0107. The average molecular weight is 387 g/mol. The van der Waals surface area contributed by atoms with E-state index >= 15 is 0 Å². The van der Waals surface area contributed by atoms with Gasteiger partial charge in [-0.2, -0.15) is 0 Å². The molecular weight excluding hydrogens is 362 g/mol. The van der Waals surface area contributed by atoms with Crippen molar-refractivity contribution in [3.05, 3.63) is 78.1 Å². The highest BCUT2D eigenvalue weighted by molar-refractivity contribution is 5.86. The van der Waals surface area contributed by atoms with Crippen molar-refractivity contribution in [3.8, 4) is 0 Å². The zero-order valence-corrected chi connectivity index (χ0v) is 16.6. The highest BCUT2D eigenvalue weighted by Crippen LogP contribution is 2.23. The molecule has 0 saturated carbocycles. The number of benzene rings is 3. The molecule has 1 N–H and O–H groups in total. The Bertz CT molecular complexity index is 1130. The predicted octanol–water partition coefficient (Wildman–Crippen LogP) is 3.93. The van der Waals surface area contributed by atoms with E-state index in [4.69, 9.17) is 9.72 Å². The van der Waals surface area contributed by atoms with Gasteiger partial charge in [0.05, 0.1) is 11.0 Å². The Balaban J connectivity index is 1.64. The third-order valence-corrected chi connectivity index (χ3v) is 5.11. The minimum atomic E-state index is -0.0107. The van der Waals surface area contributed by atoms with E-state index in [9.17, 15) is 4.79 Å². The molecule has 29 heavy (non-hydrogen) atoms. The fourth-order valence-corrected chi connectivity index (χ4v) is 3.70. The second kappa shape index (κ2) is 8.88. The number of hydrogen-bond donors (Lipinski definition) is 1. The molecule has 4 aromatic rings. The van der Waals surface area contributed by atoms with Crippen LogP contribution in [-0.4, -0.2) is 35.7 Å². The molecule has 4 rings (SSSR count). The van der Waals surface area contributed by atoms with E-state index in [2.05, 4.69) is 47.8 Å². The highest BCUT2D eigenvalue weighted by atomic mass is 16.5. The van der Waals surface area contributed by atoms with E-state index in [1.54, 1.807) is 7.11 Å². The van der Waals surface area contributed by atoms with E-state index in [1.807, 2.05) is 28.8 Å². The number of ether oxygens (including phenoxy) is 1. The van der Waals surface area contributed by atoms with Crippen molar-refractivity contribution in [1.29, 1.82) is 0 Å². The van der Waals surface area contributed by atoms with Gasteiger partial charge in [0.15, 0.2) is 0 Å². The lowest BCUT2D eigenvalue weighted by atomic mass is 10.0. The molecule has 0 unspecified atom stereocenters. The topological polar surface area (TPSA) is 56.1 Å². The Morgan fingerprint density at radius 2 is 1.83 bits per heavy atom. The van der Waals surface area contributed by atoms with Crippen LogP contribution in [0.1, 0.15) is 17.8 Å². The van der Waals surface area contributed by atoms with E-state index in [0.29, 0.717) is 19.6 Å². The first-order valence-corrected chi connectivity index (χ1v) is 9.92. The van der Waals surface area contributed by atoms with Crippen LogP contribution >= 0.6 is 0 Å². The smallest absolute Gasteiger partial charge is 0.240 e. The van der Waals surface area contributed by atoms with Crippen molar-refractivity contribution in [2.24, 2.45) is 0 Å². The zero-order chi connectivity index (χ0) is 20.1. The van der Waals surface area contributed by atoms with Crippen molar-refractivity contribution in [3.63, 3.8) is 0 Å². The first-order chi connectivity index (χ1) is 14.3. The fraction of sp³-hybridized carbons (Fsp3) is 0.250. The third-order valence-electron chi connectivity index (χ3n) is 5.11. The van der Waals surface area contributed by atoms with Gasteiger partial charge in [-0.25, -0.2) is 4.98 Å². The molecule has 0 saturated heterocycles. The third kappa shape index (κ3) is 4.30. The molecule has 0 aliphatic heterocycles. The van der Waals surface area contributed by atoms with Gasteiger partial charge in [-0.05, 0) is 34.9 Å². The van der Waals surface area contributed by atoms with Crippen LogP contribution in [0.25, 0.3) is 21.8 Å². The maximum absolute atomic E-state index is 12.5. The molecule has 0 fully saturated rings. The molecule has 0 bridgehead atoms. The summed E-state index contributed by atoms with van der Waals surface area (Å²) in [6.07, 6.45) is 1.47. The van der Waals surface area contributed by atoms with Crippen LogP contribution in [-0.2, 0) is 22.5 Å². The number of methoxy groups -OCH3 is 1. The van der Waals surface area contributed by atoms with Crippen molar-refractivity contribution in [2.45, 2.75) is 19.4 Å². The molecule has 5 nitrogen and oxygen atoms in total. The number of nitrogens with one attached hydrogen (secondary N) is 1. The molecule has 1 aromatic heterocycles. The Hall–Kier alpha value is -3.18. The summed E-state index contributed by atoms with van der Waals surface area (Å²) in [5.41, 5.74) is 3.10. The van der Waals surface area contributed by atoms with Crippen LogP contribution in [0.5, 0.6) is 0 Å². The van der Waals surface area contributed by atoms with Gasteiger partial charge < -0.3 is 14.6 Å². The molecule has 0 atom stereocenters. The number of nitrogens with zero attached hydrogens (tertiary/aromatic N) is 2. The number of imidazole rings is 1. The summed E-state index contributed by atoms with van der Waals surface area (Å²) in [6, 6.07) is 22.7. The van der Waals surface area contributed by atoms with Crippen molar-refractivity contribution < 1.29 is 9.53 Å². The summed E-state index contributed by atoms with van der Waals surface area (Å²) >= 11 is 0. The predicted molar refractivity (Wildman–Crippen MR) is 116 cm³/mol. The summed E-state index contributed by atoms with van der Waals surface area (Å²) < 4.78 is 7.07. The van der Waals surface area contributed by atoms with Gasteiger partial charge in [-0.15, -0.1) is 0 Å². The van der Waals surface area contributed by atoms with Crippen molar-refractivity contribution in [1.82, 2.24) is 14.9 Å². The number of amides is 1. The van der Waals surface area contributed by atoms with E-state index < -0.39 is 0 Å². The van der Waals surface area contributed by atoms with Crippen LogP contribution < -0.4 is 5.32 Å². The molecule has 5 heteroatoms. The molecule has 0 radical (unpaired) electrons. The van der Waals surface area contributed by atoms with Gasteiger partial charge in [0.1, 0.15) is 12.4 Å². The lowest BCUT2D eigenvalue weighted by Gasteiger charge is -2.11. The molecule has 148 valence electrons. The van der Waals surface area contributed by atoms with E-state index in [0.717, 1.165) is 23.3 Å². The van der Waals surface area contributed by atoms with Gasteiger partial charge in [0.25, 0.3) is 0 Å². The molecule has 0 aliphatic carbocycles. The summed E-state index contributed by atoms with van der Waals surface area (Å²) in [6.45, 7) is 1.51. The van der Waals surface area contributed by atoms with Gasteiger partial charge in [-0.3, -0.25) is 4.79 Å². The molecule has 1 heterocycles. The maximum atomic E-state index is 12.5. The van der Waals surface area contributed by atoms with Crippen molar-refractivity contribution >= 4 is 27.7 Å². The second-order valence-electron chi connectivity index (χ2n) is 7.11. The minimum Gasteiger partial charge on any atom is -0.385 e. The van der Waals surface area contributed by atoms with Gasteiger partial charge in [-0.1, -0.05) is 54.6 Å². The quantitative estimate of drug-likeness (QED) is 0.466. The average Bonchev–Trinajstić information content (AvgIpc) is 3.08. The van der Waals surface area contributed by atoms with Crippen molar-refractivity contribution in [2.75, 3.05) is 20.3 Å². The Morgan fingerprint density at radius 3 is 2.72 bits per heavy atom. The number of hydrogen-bond acceptors (Lipinski definition) is 3. The zero-order valence-electron chi connectivity index (χ0n) is 16.6. The Labute approximate surface area is 170 Å². The molecule has 1 amide bonds. The number of aromatic nitrogens is 2. The monoisotopic (exact) mass is 387 g/mol. The first-order valence-electron chi connectivity index (χ1n) is 9.92. The van der Waals surface area contributed by atoms with Crippen LogP contribution in [0.2, 0.25) is 0 Å². The Kier molecular flexibility index (Phi) is 5.86. The number of carbonyl (C=O) groups is 1. The van der Waals surface area contributed by atoms with Gasteiger partial charge in [0.2, 0.25) is 5.91 Å². The summed E-state index contributed by atoms with van der Waals surface area (Å²) in [5.74, 6) is 0.887. The molecule has 3 aromatic carbocycles. The summed E-state index contributed by atoms with van der Waals surface area (Å²) in [7, 11) is 1.67. The van der Waals surface area contributed by atoms with E-state index in [1.165, 1.54) is 16.3 Å². The van der Waals surface area contributed by atoms with E-state index in [-0.39, 0.29) is 12.5 Å². The van der Waals surface area contributed by atoms with Crippen LogP contribution in [0.3, 0.4) is 0 Å². The first kappa shape index (κ1) is 19.2. The fourth-order valence-electron chi connectivity index (χ4n) is 3.70. The SMILES string of the molecule is COCCCNC(=O)Cn1c(Cc2cccc3ccccc23)nc2ccccc21. The number of carbonyl (C=O) groups excluding carboxylic acids is 1. The highest BCUT2D eigenvalue weighted by Gasteiger charge is 2.15. The molecular formula is C24H25N3O2. The van der Waals surface area contributed by atoms with Gasteiger partial charge in [0, 0.05) is 26.7 Å². The second-order valence-corrected chi connectivity index (χ2v) is 7.11. The van der Waals surface area contributed by atoms with Crippen LogP contribution in [0.4, 0.5) is 0 Å². The largest absolute Gasteiger partial charge is 0.385 e.